The molecule has 1 rings (SSSR count). The zero-order valence-electron chi connectivity index (χ0n) is 12.2. The molecule has 1 heterocycles. The van der Waals surface area contributed by atoms with Gasteiger partial charge in [0.2, 0.25) is 5.91 Å². The van der Waals surface area contributed by atoms with Crippen molar-refractivity contribution in [3.8, 4) is 0 Å². The summed E-state index contributed by atoms with van der Waals surface area (Å²) in [6, 6.07) is -0.221. The molecule has 1 aliphatic heterocycles. The number of rotatable bonds is 10. The van der Waals surface area contributed by atoms with E-state index in [1.165, 1.54) is 49.8 Å². The molecule has 0 aromatic heterocycles. The molecule has 0 saturated carbocycles. The molecule has 0 aromatic rings. The molecule has 0 radical (unpaired) electrons. The Balaban J connectivity index is 1.90. The minimum atomic E-state index is -0.221. The summed E-state index contributed by atoms with van der Waals surface area (Å²) in [5.74, 6) is -0.0158. The molecule has 1 aliphatic rings. The summed E-state index contributed by atoms with van der Waals surface area (Å²) < 4.78 is 0. The molecule has 110 valence electrons. The number of unbranched alkanes of at least 4 members (excludes halogenated alkanes) is 8. The summed E-state index contributed by atoms with van der Waals surface area (Å²) in [4.78, 5) is 24.3. The first-order valence-electron chi connectivity index (χ1n) is 7.84. The first kappa shape index (κ1) is 16.0. The highest BCUT2D eigenvalue weighted by Gasteiger charge is 2.25. The summed E-state index contributed by atoms with van der Waals surface area (Å²) in [6.45, 7) is 3.37. The van der Waals surface area contributed by atoms with Gasteiger partial charge in [-0.3, -0.25) is 9.69 Å². The van der Waals surface area contributed by atoms with Crippen molar-refractivity contribution < 1.29 is 9.59 Å². The van der Waals surface area contributed by atoms with Crippen LogP contribution in [0, 0.1) is 0 Å². The Hall–Kier alpha value is -1.06. The fraction of sp³-hybridized carbons (Fsp3) is 0.867. The van der Waals surface area contributed by atoms with Gasteiger partial charge in [-0.15, -0.1) is 0 Å². The van der Waals surface area contributed by atoms with E-state index in [2.05, 4.69) is 12.2 Å². The summed E-state index contributed by atoms with van der Waals surface area (Å²) in [6.07, 6.45) is 11.7. The van der Waals surface area contributed by atoms with E-state index in [0.29, 0.717) is 19.5 Å². The number of amides is 3. The number of imide groups is 1. The van der Waals surface area contributed by atoms with Gasteiger partial charge in [-0.25, -0.2) is 4.79 Å². The minimum Gasteiger partial charge on any atom is -0.336 e. The fourth-order valence-corrected chi connectivity index (χ4v) is 2.43. The highest BCUT2D eigenvalue weighted by Crippen LogP contribution is 2.11. The van der Waals surface area contributed by atoms with Gasteiger partial charge in [0, 0.05) is 19.5 Å². The third-order valence-electron chi connectivity index (χ3n) is 3.65. The lowest BCUT2D eigenvalue weighted by Gasteiger charge is -2.11. The van der Waals surface area contributed by atoms with Crippen LogP contribution in [0.1, 0.15) is 71.1 Å². The fourth-order valence-electron chi connectivity index (χ4n) is 2.43. The summed E-state index contributed by atoms with van der Waals surface area (Å²) >= 11 is 0. The van der Waals surface area contributed by atoms with Crippen molar-refractivity contribution in [2.24, 2.45) is 0 Å². The molecular formula is C15H28N2O2. The van der Waals surface area contributed by atoms with Crippen molar-refractivity contribution in [1.29, 1.82) is 0 Å². The lowest BCUT2D eigenvalue weighted by molar-refractivity contribution is -0.127. The maximum absolute atomic E-state index is 11.7. The van der Waals surface area contributed by atoms with Gasteiger partial charge in [0.15, 0.2) is 0 Å². The molecule has 1 saturated heterocycles. The molecule has 4 nitrogen and oxygen atoms in total. The number of nitrogens with zero attached hydrogens (tertiary/aromatic N) is 1. The maximum Gasteiger partial charge on any atom is 0.324 e. The zero-order valence-corrected chi connectivity index (χ0v) is 12.2. The quantitative estimate of drug-likeness (QED) is 0.617. The standard InChI is InChI=1S/C15H28N2O2/c1-2-3-4-5-6-7-8-9-10-11-14(18)17-13-12-16-15(17)19/h2-13H2,1H3,(H,16,19). The van der Waals surface area contributed by atoms with Crippen LogP contribution in [-0.2, 0) is 4.79 Å². The number of carbonyl (C=O) groups excluding carboxylic acids is 2. The topological polar surface area (TPSA) is 49.4 Å². The summed E-state index contributed by atoms with van der Waals surface area (Å²) in [5.41, 5.74) is 0. The van der Waals surface area contributed by atoms with E-state index in [4.69, 9.17) is 0 Å². The maximum atomic E-state index is 11.7. The lowest BCUT2D eigenvalue weighted by atomic mass is 10.1. The Kier molecular flexibility index (Phi) is 8.26. The molecule has 0 bridgehead atoms. The molecule has 0 unspecified atom stereocenters. The van der Waals surface area contributed by atoms with E-state index in [1.54, 1.807) is 0 Å². The molecule has 0 spiro atoms. The third kappa shape index (κ3) is 6.60. The first-order chi connectivity index (χ1) is 9.25. The van der Waals surface area contributed by atoms with Gasteiger partial charge in [0.25, 0.3) is 0 Å². The van der Waals surface area contributed by atoms with Crippen LogP contribution in [0.5, 0.6) is 0 Å². The number of carbonyl (C=O) groups is 2. The van der Waals surface area contributed by atoms with Gasteiger partial charge >= 0.3 is 6.03 Å². The van der Waals surface area contributed by atoms with Gasteiger partial charge in [0.1, 0.15) is 0 Å². The molecule has 0 atom stereocenters. The molecule has 0 aromatic carbocycles. The normalized spacial score (nSPS) is 14.8. The van der Waals surface area contributed by atoms with Crippen LogP contribution >= 0.6 is 0 Å². The van der Waals surface area contributed by atoms with Crippen LogP contribution in [0.15, 0.2) is 0 Å². The van der Waals surface area contributed by atoms with Crippen molar-refractivity contribution >= 4 is 11.9 Å². The second-order valence-corrected chi connectivity index (χ2v) is 5.36. The average Bonchev–Trinajstić information content (AvgIpc) is 2.83. The van der Waals surface area contributed by atoms with Crippen molar-refractivity contribution in [2.75, 3.05) is 13.1 Å². The number of hydrogen-bond acceptors (Lipinski definition) is 2. The Morgan fingerprint density at radius 2 is 1.63 bits per heavy atom. The largest absolute Gasteiger partial charge is 0.336 e. The summed E-state index contributed by atoms with van der Waals surface area (Å²) in [5, 5.41) is 2.65. The highest BCUT2D eigenvalue weighted by atomic mass is 16.2. The molecule has 1 N–H and O–H groups in total. The van der Waals surface area contributed by atoms with Gasteiger partial charge in [-0.1, -0.05) is 58.3 Å². The monoisotopic (exact) mass is 268 g/mol. The van der Waals surface area contributed by atoms with E-state index in [0.717, 1.165) is 12.8 Å². The Morgan fingerprint density at radius 3 is 2.16 bits per heavy atom. The number of nitrogens with one attached hydrogen (secondary N) is 1. The molecular weight excluding hydrogens is 240 g/mol. The van der Waals surface area contributed by atoms with Gasteiger partial charge in [-0.05, 0) is 6.42 Å². The van der Waals surface area contributed by atoms with E-state index in [-0.39, 0.29) is 11.9 Å². The van der Waals surface area contributed by atoms with Crippen molar-refractivity contribution in [3.05, 3.63) is 0 Å². The summed E-state index contributed by atoms with van der Waals surface area (Å²) in [7, 11) is 0. The Labute approximate surface area is 116 Å². The van der Waals surface area contributed by atoms with E-state index in [1.807, 2.05) is 0 Å². The van der Waals surface area contributed by atoms with Crippen LogP contribution in [0.2, 0.25) is 0 Å². The second-order valence-electron chi connectivity index (χ2n) is 5.36. The van der Waals surface area contributed by atoms with Crippen LogP contribution in [0.25, 0.3) is 0 Å². The van der Waals surface area contributed by atoms with E-state index in [9.17, 15) is 9.59 Å². The van der Waals surface area contributed by atoms with Gasteiger partial charge in [0.05, 0.1) is 0 Å². The first-order valence-corrected chi connectivity index (χ1v) is 7.84. The van der Waals surface area contributed by atoms with Crippen LogP contribution in [-0.4, -0.2) is 29.9 Å². The molecule has 1 fully saturated rings. The molecule has 4 heteroatoms. The zero-order chi connectivity index (χ0) is 13.9. The molecule has 3 amide bonds. The van der Waals surface area contributed by atoms with Crippen molar-refractivity contribution in [3.63, 3.8) is 0 Å². The van der Waals surface area contributed by atoms with Gasteiger partial charge in [-0.2, -0.15) is 0 Å². The number of urea groups is 1. The average molecular weight is 268 g/mol. The third-order valence-corrected chi connectivity index (χ3v) is 3.65. The second kappa shape index (κ2) is 9.82. The van der Waals surface area contributed by atoms with Crippen LogP contribution in [0.3, 0.4) is 0 Å². The number of hydrogen-bond donors (Lipinski definition) is 1. The SMILES string of the molecule is CCCCCCCCCCCC(=O)N1CCNC1=O. The molecule has 19 heavy (non-hydrogen) atoms. The smallest absolute Gasteiger partial charge is 0.324 e. The minimum absolute atomic E-state index is 0.0158. The van der Waals surface area contributed by atoms with Gasteiger partial charge < -0.3 is 5.32 Å². The van der Waals surface area contributed by atoms with Crippen molar-refractivity contribution in [2.45, 2.75) is 71.1 Å². The van der Waals surface area contributed by atoms with Crippen LogP contribution < -0.4 is 5.32 Å². The Morgan fingerprint density at radius 1 is 1.05 bits per heavy atom. The van der Waals surface area contributed by atoms with E-state index >= 15 is 0 Å². The predicted molar refractivity (Wildman–Crippen MR) is 77.0 cm³/mol. The van der Waals surface area contributed by atoms with Crippen LogP contribution in [0.4, 0.5) is 4.79 Å². The predicted octanol–water partition coefficient (Wildman–Crippen LogP) is 3.46. The molecule has 0 aliphatic carbocycles. The lowest BCUT2D eigenvalue weighted by Crippen LogP contribution is -2.33. The Bertz CT molecular complexity index is 279. The highest BCUT2D eigenvalue weighted by molar-refractivity contribution is 5.95. The van der Waals surface area contributed by atoms with E-state index < -0.39 is 0 Å². The van der Waals surface area contributed by atoms with Crippen molar-refractivity contribution in [1.82, 2.24) is 10.2 Å².